The minimum Gasteiger partial charge on any atom is -0.313 e. The van der Waals surface area contributed by atoms with Gasteiger partial charge >= 0.3 is 0 Å². The molecular formula is C14H14F2N2. The maximum absolute atomic E-state index is 13.3. The lowest BCUT2D eigenvalue weighted by atomic mass is 10.0. The summed E-state index contributed by atoms with van der Waals surface area (Å²) in [6.45, 7) is 3.31. The van der Waals surface area contributed by atoms with Gasteiger partial charge in [-0.15, -0.1) is 0 Å². The van der Waals surface area contributed by atoms with E-state index >= 15 is 0 Å². The van der Waals surface area contributed by atoms with Crippen molar-refractivity contribution in [2.45, 2.75) is 13.5 Å². The van der Waals surface area contributed by atoms with Gasteiger partial charge in [0.1, 0.15) is 11.6 Å². The highest BCUT2D eigenvalue weighted by atomic mass is 19.1. The van der Waals surface area contributed by atoms with Crippen LogP contribution in [0.1, 0.15) is 12.5 Å². The fourth-order valence-electron chi connectivity index (χ4n) is 1.81. The summed E-state index contributed by atoms with van der Waals surface area (Å²) in [5, 5.41) is 3.14. The molecule has 0 radical (unpaired) electrons. The first-order valence-corrected chi connectivity index (χ1v) is 5.80. The number of rotatable bonds is 4. The van der Waals surface area contributed by atoms with Gasteiger partial charge in [0.25, 0.3) is 0 Å². The van der Waals surface area contributed by atoms with Crippen molar-refractivity contribution in [1.82, 2.24) is 10.3 Å². The highest BCUT2D eigenvalue weighted by Crippen LogP contribution is 2.24. The van der Waals surface area contributed by atoms with Crippen LogP contribution in [0.4, 0.5) is 8.78 Å². The van der Waals surface area contributed by atoms with Crippen molar-refractivity contribution in [3.05, 3.63) is 53.9 Å². The lowest BCUT2D eigenvalue weighted by Gasteiger charge is -2.10. The van der Waals surface area contributed by atoms with E-state index in [4.69, 9.17) is 0 Å². The van der Waals surface area contributed by atoms with Crippen molar-refractivity contribution in [1.29, 1.82) is 0 Å². The van der Waals surface area contributed by atoms with E-state index in [2.05, 4.69) is 10.3 Å². The van der Waals surface area contributed by atoms with Gasteiger partial charge in [-0.05, 0) is 35.9 Å². The van der Waals surface area contributed by atoms with Crippen LogP contribution in [0.5, 0.6) is 0 Å². The molecule has 1 heterocycles. The molecule has 0 spiro atoms. The predicted octanol–water partition coefficient (Wildman–Crippen LogP) is 3.14. The van der Waals surface area contributed by atoms with Crippen LogP contribution in [0.15, 0.2) is 36.7 Å². The molecule has 18 heavy (non-hydrogen) atoms. The Bertz CT molecular complexity index is 541. The number of nitrogens with one attached hydrogen (secondary N) is 1. The second-order valence-electron chi connectivity index (χ2n) is 3.97. The number of pyridine rings is 1. The highest BCUT2D eigenvalue weighted by molar-refractivity contribution is 5.66. The normalized spacial score (nSPS) is 10.6. The molecular weight excluding hydrogens is 234 g/mol. The zero-order chi connectivity index (χ0) is 13.0. The van der Waals surface area contributed by atoms with Crippen LogP contribution < -0.4 is 5.32 Å². The second-order valence-corrected chi connectivity index (χ2v) is 3.97. The van der Waals surface area contributed by atoms with Gasteiger partial charge in [-0.1, -0.05) is 13.0 Å². The first kappa shape index (κ1) is 12.6. The molecule has 0 saturated carbocycles. The smallest absolute Gasteiger partial charge is 0.142 e. The molecule has 1 N–H and O–H groups in total. The average Bonchev–Trinajstić information content (AvgIpc) is 2.36. The van der Waals surface area contributed by atoms with E-state index in [0.29, 0.717) is 12.1 Å². The molecule has 0 aliphatic heterocycles. The van der Waals surface area contributed by atoms with Crippen molar-refractivity contribution in [3.8, 4) is 11.1 Å². The Labute approximate surface area is 105 Å². The van der Waals surface area contributed by atoms with E-state index in [0.717, 1.165) is 23.9 Å². The minimum absolute atomic E-state index is 0.295. The van der Waals surface area contributed by atoms with Gasteiger partial charge < -0.3 is 5.32 Å². The molecule has 2 aromatic rings. The molecule has 2 rings (SSSR count). The van der Waals surface area contributed by atoms with E-state index in [-0.39, 0.29) is 5.82 Å². The predicted molar refractivity (Wildman–Crippen MR) is 67.0 cm³/mol. The van der Waals surface area contributed by atoms with Gasteiger partial charge in [0.05, 0.1) is 6.20 Å². The molecule has 94 valence electrons. The van der Waals surface area contributed by atoms with Crippen LogP contribution >= 0.6 is 0 Å². The number of hydrogen-bond acceptors (Lipinski definition) is 2. The number of benzene rings is 1. The summed E-state index contributed by atoms with van der Waals surface area (Å²) in [5.74, 6) is -0.692. The molecule has 0 bridgehead atoms. The summed E-state index contributed by atoms with van der Waals surface area (Å²) in [7, 11) is 0. The Kier molecular flexibility index (Phi) is 3.99. The van der Waals surface area contributed by atoms with E-state index in [9.17, 15) is 8.78 Å². The van der Waals surface area contributed by atoms with E-state index in [1.165, 1.54) is 18.2 Å². The number of hydrogen-bond donors (Lipinski definition) is 1. The third-order valence-electron chi connectivity index (χ3n) is 2.65. The molecule has 0 unspecified atom stereocenters. The summed E-state index contributed by atoms with van der Waals surface area (Å²) >= 11 is 0. The van der Waals surface area contributed by atoms with Gasteiger partial charge in [-0.2, -0.15) is 0 Å². The van der Waals surface area contributed by atoms with Gasteiger partial charge in [-0.3, -0.25) is 4.98 Å². The standard InChI is InChI=1S/C14H14F2N2/c1-2-17-7-10-5-12(15)3-4-14(10)11-6-13(16)9-18-8-11/h3-6,8-9,17H,2,7H2,1H3. The maximum atomic E-state index is 13.3. The zero-order valence-corrected chi connectivity index (χ0v) is 10.1. The summed E-state index contributed by atoms with van der Waals surface area (Å²) in [5.41, 5.74) is 2.25. The Morgan fingerprint density at radius 3 is 2.67 bits per heavy atom. The van der Waals surface area contributed by atoms with E-state index < -0.39 is 5.82 Å². The topological polar surface area (TPSA) is 24.9 Å². The molecule has 0 aliphatic rings. The third kappa shape index (κ3) is 2.90. The molecule has 0 aliphatic carbocycles. The van der Waals surface area contributed by atoms with Crippen LogP contribution in [0, 0.1) is 11.6 Å². The van der Waals surface area contributed by atoms with Crippen LogP contribution in [0.3, 0.4) is 0 Å². The lowest BCUT2D eigenvalue weighted by Crippen LogP contribution is -2.12. The van der Waals surface area contributed by atoms with Crippen LogP contribution in [0.2, 0.25) is 0 Å². The lowest BCUT2D eigenvalue weighted by molar-refractivity contribution is 0.620. The van der Waals surface area contributed by atoms with Gasteiger partial charge in [-0.25, -0.2) is 8.78 Å². The first-order valence-electron chi connectivity index (χ1n) is 5.80. The number of aromatic nitrogens is 1. The summed E-state index contributed by atoms with van der Waals surface area (Å²) in [4.78, 5) is 3.82. The Morgan fingerprint density at radius 1 is 1.11 bits per heavy atom. The number of nitrogens with zero attached hydrogens (tertiary/aromatic N) is 1. The first-order chi connectivity index (χ1) is 8.70. The fourth-order valence-corrected chi connectivity index (χ4v) is 1.81. The van der Waals surface area contributed by atoms with Crippen molar-refractivity contribution in [2.24, 2.45) is 0 Å². The van der Waals surface area contributed by atoms with Crippen LogP contribution in [0.25, 0.3) is 11.1 Å². The van der Waals surface area contributed by atoms with E-state index in [1.54, 1.807) is 12.3 Å². The second kappa shape index (κ2) is 5.69. The molecule has 0 atom stereocenters. The monoisotopic (exact) mass is 248 g/mol. The summed E-state index contributed by atoms with van der Waals surface area (Å²) < 4.78 is 26.4. The molecule has 2 nitrogen and oxygen atoms in total. The molecule has 0 saturated heterocycles. The molecule has 0 fully saturated rings. The van der Waals surface area contributed by atoms with Crippen molar-refractivity contribution in [2.75, 3.05) is 6.54 Å². The Balaban J connectivity index is 2.42. The quantitative estimate of drug-likeness (QED) is 0.899. The largest absolute Gasteiger partial charge is 0.313 e. The number of halogens is 2. The summed E-state index contributed by atoms with van der Waals surface area (Å²) in [6.07, 6.45) is 2.72. The third-order valence-corrected chi connectivity index (χ3v) is 2.65. The molecule has 1 aromatic carbocycles. The van der Waals surface area contributed by atoms with E-state index in [1.807, 2.05) is 6.92 Å². The molecule has 4 heteroatoms. The molecule has 1 aromatic heterocycles. The van der Waals surface area contributed by atoms with Crippen LogP contribution in [-0.4, -0.2) is 11.5 Å². The van der Waals surface area contributed by atoms with Crippen molar-refractivity contribution in [3.63, 3.8) is 0 Å². The fraction of sp³-hybridized carbons (Fsp3) is 0.214. The molecule has 0 amide bonds. The average molecular weight is 248 g/mol. The van der Waals surface area contributed by atoms with Crippen molar-refractivity contribution >= 4 is 0 Å². The maximum Gasteiger partial charge on any atom is 0.142 e. The SMILES string of the molecule is CCNCc1cc(F)ccc1-c1cncc(F)c1. The highest BCUT2D eigenvalue weighted by Gasteiger charge is 2.07. The van der Waals surface area contributed by atoms with Crippen molar-refractivity contribution < 1.29 is 8.78 Å². The Hall–Kier alpha value is -1.81. The summed E-state index contributed by atoms with van der Waals surface area (Å²) in [6, 6.07) is 5.88. The Morgan fingerprint density at radius 2 is 1.94 bits per heavy atom. The van der Waals surface area contributed by atoms with Gasteiger partial charge in [0, 0.05) is 18.3 Å². The zero-order valence-electron chi connectivity index (χ0n) is 10.1. The van der Waals surface area contributed by atoms with Crippen LogP contribution in [-0.2, 0) is 6.54 Å². The minimum atomic E-state index is -0.397. The van der Waals surface area contributed by atoms with Gasteiger partial charge in [0.15, 0.2) is 0 Å². The van der Waals surface area contributed by atoms with Gasteiger partial charge in [0.2, 0.25) is 0 Å².